The van der Waals surface area contributed by atoms with Crippen LogP contribution in [0.15, 0.2) is 53.3 Å². The van der Waals surface area contributed by atoms with Crippen LogP contribution < -0.4 is 0 Å². The number of hydrogen-bond donors (Lipinski definition) is 0. The summed E-state index contributed by atoms with van der Waals surface area (Å²) in [5, 5.41) is 3.94. The Bertz CT molecular complexity index is 943. The van der Waals surface area contributed by atoms with Gasteiger partial charge in [-0.3, -0.25) is 9.78 Å². The Balaban J connectivity index is 1.42. The fourth-order valence-corrected chi connectivity index (χ4v) is 3.77. The SMILES string of the molecule is O=C(CCc1nc(-c2ccc(F)cc2)no1)N1CCCCCC1c1ccncc1. The number of aryl methyl sites for hydroxylation is 1. The second-order valence-corrected chi connectivity index (χ2v) is 7.25. The van der Waals surface area contributed by atoms with Crippen LogP contribution >= 0.6 is 0 Å². The number of aromatic nitrogens is 3. The van der Waals surface area contributed by atoms with Crippen LogP contribution in [0.25, 0.3) is 11.4 Å². The molecule has 0 N–H and O–H groups in total. The number of likely N-dealkylation sites (tertiary alicyclic amines) is 1. The Morgan fingerprint density at radius 3 is 2.69 bits per heavy atom. The monoisotopic (exact) mass is 394 g/mol. The average molecular weight is 394 g/mol. The van der Waals surface area contributed by atoms with Gasteiger partial charge in [0.05, 0.1) is 6.04 Å². The molecule has 1 fully saturated rings. The Hall–Kier alpha value is -3.09. The number of hydrogen-bond acceptors (Lipinski definition) is 5. The minimum atomic E-state index is -0.315. The summed E-state index contributed by atoms with van der Waals surface area (Å²) in [5.74, 6) is 0.587. The van der Waals surface area contributed by atoms with E-state index in [1.54, 1.807) is 24.5 Å². The van der Waals surface area contributed by atoms with Crippen molar-refractivity contribution in [1.29, 1.82) is 0 Å². The summed E-state index contributed by atoms with van der Waals surface area (Å²) in [6, 6.07) is 9.98. The second-order valence-electron chi connectivity index (χ2n) is 7.25. The molecular weight excluding hydrogens is 371 g/mol. The van der Waals surface area contributed by atoms with Crippen LogP contribution in [-0.4, -0.2) is 32.5 Å². The van der Waals surface area contributed by atoms with E-state index in [1.165, 1.54) is 12.1 Å². The number of carbonyl (C=O) groups excluding carboxylic acids is 1. The maximum Gasteiger partial charge on any atom is 0.227 e. The summed E-state index contributed by atoms with van der Waals surface area (Å²) in [4.78, 5) is 23.4. The number of rotatable bonds is 5. The number of carbonyl (C=O) groups is 1. The number of pyridine rings is 1. The molecule has 0 radical (unpaired) electrons. The molecule has 1 unspecified atom stereocenters. The van der Waals surface area contributed by atoms with Crippen LogP contribution in [0, 0.1) is 5.82 Å². The zero-order chi connectivity index (χ0) is 20.1. The molecule has 29 heavy (non-hydrogen) atoms. The lowest BCUT2D eigenvalue weighted by atomic mass is 10.0. The zero-order valence-electron chi connectivity index (χ0n) is 16.1. The minimum Gasteiger partial charge on any atom is -0.339 e. The highest BCUT2D eigenvalue weighted by molar-refractivity contribution is 5.77. The topological polar surface area (TPSA) is 72.1 Å². The summed E-state index contributed by atoms with van der Waals surface area (Å²) < 4.78 is 18.4. The summed E-state index contributed by atoms with van der Waals surface area (Å²) >= 11 is 0. The standard InChI is InChI=1S/C22H23FN4O2/c23-18-7-5-17(6-8-18)22-25-20(29-26-22)9-10-21(28)27-15-3-1-2-4-19(27)16-11-13-24-14-12-16/h5-8,11-14,19H,1-4,9-10,15H2. The van der Waals surface area contributed by atoms with Crippen molar-refractivity contribution < 1.29 is 13.7 Å². The van der Waals surface area contributed by atoms with Crippen LogP contribution in [0.4, 0.5) is 4.39 Å². The molecule has 4 rings (SSSR count). The highest BCUT2D eigenvalue weighted by Gasteiger charge is 2.26. The van der Waals surface area contributed by atoms with Crippen LogP contribution in [0.1, 0.15) is 49.6 Å². The second kappa shape index (κ2) is 8.94. The number of halogens is 1. The molecule has 150 valence electrons. The van der Waals surface area contributed by atoms with Gasteiger partial charge < -0.3 is 9.42 Å². The van der Waals surface area contributed by atoms with Gasteiger partial charge in [0.1, 0.15) is 5.82 Å². The molecular formula is C22H23FN4O2. The van der Waals surface area contributed by atoms with E-state index in [4.69, 9.17) is 4.52 Å². The maximum atomic E-state index is 13.1. The third kappa shape index (κ3) is 4.67. The summed E-state index contributed by atoms with van der Waals surface area (Å²) in [6.07, 6.45) is 8.47. The van der Waals surface area contributed by atoms with Crippen molar-refractivity contribution in [3.63, 3.8) is 0 Å². The summed E-state index contributed by atoms with van der Waals surface area (Å²) in [7, 11) is 0. The fraction of sp³-hybridized carbons (Fsp3) is 0.364. The van der Waals surface area contributed by atoms with Crippen LogP contribution in [-0.2, 0) is 11.2 Å². The summed E-state index contributed by atoms with van der Waals surface area (Å²) in [6.45, 7) is 0.760. The smallest absolute Gasteiger partial charge is 0.227 e. The van der Waals surface area contributed by atoms with Gasteiger partial charge in [-0.15, -0.1) is 0 Å². The van der Waals surface area contributed by atoms with E-state index in [0.29, 0.717) is 30.1 Å². The third-order valence-electron chi connectivity index (χ3n) is 5.29. The molecule has 1 saturated heterocycles. The van der Waals surface area contributed by atoms with Crippen LogP contribution in [0.5, 0.6) is 0 Å². The van der Waals surface area contributed by atoms with Crippen LogP contribution in [0.3, 0.4) is 0 Å². The van der Waals surface area contributed by atoms with Crippen molar-refractivity contribution in [3.05, 3.63) is 66.1 Å². The average Bonchev–Trinajstić information content (AvgIpc) is 3.09. The van der Waals surface area contributed by atoms with Crippen molar-refractivity contribution in [2.24, 2.45) is 0 Å². The number of amides is 1. The maximum absolute atomic E-state index is 13.1. The van der Waals surface area contributed by atoms with Gasteiger partial charge in [-0.2, -0.15) is 4.98 Å². The van der Waals surface area contributed by atoms with E-state index < -0.39 is 0 Å². The molecule has 1 amide bonds. The van der Waals surface area contributed by atoms with Crippen molar-refractivity contribution in [2.75, 3.05) is 6.54 Å². The lowest BCUT2D eigenvalue weighted by molar-refractivity contribution is -0.133. The Labute approximate surface area is 168 Å². The molecule has 3 heterocycles. The quantitative estimate of drug-likeness (QED) is 0.643. The van der Waals surface area contributed by atoms with E-state index in [0.717, 1.165) is 37.8 Å². The molecule has 0 aliphatic carbocycles. The molecule has 0 spiro atoms. The Morgan fingerprint density at radius 2 is 1.90 bits per heavy atom. The predicted molar refractivity (Wildman–Crippen MR) is 105 cm³/mol. The molecule has 2 aromatic heterocycles. The lowest BCUT2D eigenvalue weighted by Crippen LogP contribution is -2.35. The van der Waals surface area contributed by atoms with E-state index in [9.17, 15) is 9.18 Å². The zero-order valence-corrected chi connectivity index (χ0v) is 16.1. The van der Waals surface area contributed by atoms with Crippen molar-refractivity contribution in [2.45, 2.75) is 44.6 Å². The first-order valence-corrected chi connectivity index (χ1v) is 9.98. The molecule has 1 atom stereocenters. The van der Waals surface area contributed by atoms with Crippen molar-refractivity contribution >= 4 is 5.91 Å². The van der Waals surface area contributed by atoms with Gasteiger partial charge >= 0.3 is 0 Å². The molecule has 6 nitrogen and oxygen atoms in total. The lowest BCUT2D eigenvalue weighted by Gasteiger charge is -2.30. The van der Waals surface area contributed by atoms with Crippen molar-refractivity contribution in [3.8, 4) is 11.4 Å². The molecule has 7 heteroatoms. The molecule has 0 saturated carbocycles. The molecule has 3 aromatic rings. The van der Waals surface area contributed by atoms with Gasteiger partial charge in [0.25, 0.3) is 0 Å². The van der Waals surface area contributed by atoms with Gasteiger partial charge in [-0.1, -0.05) is 18.0 Å². The highest BCUT2D eigenvalue weighted by atomic mass is 19.1. The Kier molecular flexibility index (Phi) is 5.93. The third-order valence-corrected chi connectivity index (χ3v) is 5.29. The Morgan fingerprint density at radius 1 is 1.10 bits per heavy atom. The van der Waals surface area contributed by atoms with Gasteiger partial charge in [-0.25, -0.2) is 4.39 Å². The summed E-state index contributed by atoms with van der Waals surface area (Å²) in [5.41, 5.74) is 1.81. The fourth-order valence-electron chi connectivity index (χ4n) is 3.77. The predicted octanol–water partition coefficient (Wildman–Crippen LogP) is 4.35. The van der Waals surface area contributed by atoms with Gasteiger partial charge in [-0.05, 0) is 54.8 Å². The van der Waals surface area contributed by atoms with Crippen molar-refractivity contribution in [1.82, 2.24) is 20.0 Å². The van der Waals surface area contributed by atoms with E-state index >= 15 is 0 Å². The van der Waals surface area contributed by atoms with Gasteiger partial charge in [0, 0.05) is 37.3 Å². The number of benzene rings is 1. The normalized spacial score (nSPS) is 17.1. The first kappa shape index (κ1) is 19.2. The van der Waals surface area contributed by atoms with Gasteiger partial charge in [0.2, 0.25) is 17.6 Å². The highest BCUT2D eigenvalue weighted by Crippen LogP contribution is 2.30. The number of nitrogens with zero attached hydrogens (tertiary/aromatic N) is 4. The van der Waals surface area contributed by atoms with Crippen LogP contribution in [0.2, 0.25) is 0 Å². The molecule has 1 aliphatic heterocycles. The molecule has 1 aromatic carbocycles. The molecule has 1 aliphatic rings. The first-order chi connectivity index (χ1) is 14.2. The molecule has 0 bridgehead atoms. The first-order valence-electron chi connectivity index (χ1n) is 9.98. The van der Waals surface area contributed by atoms with E-state index in [2.05, 4.69) is 15.1 Å². The largest absolute Gasteiger partial charge is 0.339 e. The minimum absolute atomic E-state index is 0.0884. The van der Waals surface area contributed by atoms with E-state index in [-0.39, 0.29) is 17.8 Å². The van der Waals surface area contributed by atoms with E-state index in [1.807, 2.05) is 17.0 Å². The van der Waals surface area contributed by atoms with Gasteiger partial charge in [0.15, 0.2) is 0 Å².